The Labute approximate surface area is 174 Å². The van der Waals surface area contributed by atoms with Crippen molar-refractivity contribution in [3.8, 4) is 5.75 Å². The van der Waals surface area contributed by atoms with Crippen LogP contribution in [0.15, 0.2) is 66.0 Å². The van der Waals surface area contributed by atoms with E-state index in [-0.39, 0.29) is 24.1 Å². The number of thiophene rings is 1. The van der Waals surface area contributed by atoms with Crippen molar-refractivity contribution >= 4 is 28.8 Å². The summed E-state index contributed by atoms with van der Waals surface area (Å²) >= 11 is 1.32. The Morgan fingerprint density at radius 1 is 0.967 bits per heavy atom. The molecule has 0 aliphatic carbocycles. The van der Waals surface area contributed by atoms with Gasteiger partial charge in [0.1, 0.15) is 5.75 Å². The molecule has 0 radical (unpaired) electrons. The third kappa shape index (κ3) is 6.35. The van der Waals surface area contributed by atoms with E-state index in [2.05, 4.69) is 15.4 Å². The summed E-state index contributed by atoms with van der Waals surface area (Å²) in [7, 11) is 0. The summed E-state index contributed by atoms with van der Waals surface area (Å²) < 4.78 is 41.1. The lowest BCUT2D eigenvalue weighted by atomic mass is 10.1. The fraction of sp³-hybridized carbons (Fsp3) is 0.143. The summed E-state index contributed by atoms with van der Waals surface area (Å²) in [6.07, 6.45) is -4.40. The predicted molar refractivity (Wildman–Crippen MR) is 108 cm³/mol. The first-order chi connectivity index (χ1) is 14.3. The fourth-order valence-corrected chi connectivity index (χ4v) is 3.11. The van der Waals surface area contributed by atoms with Gasteiger partial charge in [0.2, 0.25) is 0 Å². The molecule has 1 aromatic heterocycles. The highest BCUT2D eigenvalue weighted by molar-refractivity contribution is 7.12. The van der Waals surface area contributed by atoms with Crippen molar-refractivity contribution in [1.29, 1.82) is 0 Å². The Morgan fingerprint density at radius 2 is 1.73 bits per heavy atom. The molecule has 0 saturated heterocycles. The monoisotopic (exact) mass is 434 g/mol. The Bertz CT molecular complexity index is 1000. The number of nitrogens with one attached hydrogen (secondary N) is 2. The van der Waals surface area contributed by atoms with Crippen LogP contribution in [-0.2, 0) is 6.54 Å². The number of anilines is 1. The Morgan fingerprint density at radius 3 is 2.40 bits per heavy atom. The van der Waals surface area contributed by atoms with E-state index in [9.17, 15) is 22.8 Å². The molecule has 0 atom stereocenters. The van der Waals surface area contributed by atoms with Gasteiger partial charge in [0, 0.05) is 17.8 Å². The molecular formula is C21H17F3N2O3S. The summed E-state index contributed by atoms with van der Waals surface area (Å²) in [5.41, 5.74) is 1.56. The second-order valence-corrected chi connectivity index (χ2v) is 7.19. The first kappa shape index (κ1) is 21.4. The van der Waals surface area contributed by atoms with Crippen LogP contribution in [0.1, 0.15) is 25.6 Å². The molecule has 2 amide bonds. The number of carbonyl (C=O) groups excluding carboxylic acids is 2. The maximum atomic E-state index is 12.4. The normalized spacial score (nSPS) is 11.0. The van der Waals surface area contributed by atoms with Gasteiger partial charge in [-0.3, -0.25) is 9.59 Å². The van der Waals surface area contributed by atoms with Crippen LogP contribution in [0, 0.1) is 0 Å². The summed E-state index contributed by atoms with van der Waals surface area (Å²) in [4.78, 5) is 25.1. The average Bonchev–Trinajstić information content (AvgIpc) is 3.26. The van der Waals surface area contributed by atoms with Crippen LogP contribution < -0.4 is 15.4 Å². The van der Waals surface area contributed by atoms with Crippen molar-refractivity contribution in [1.82, 2.24) is 5.32 Å². The number of amides is 2. The Balaban J connectivity index is 1.54. The minimum absolute atomic E-state index is 0.0941. The van der Waals surface area contributed by atoms with E-state index in [1.54, 1.807) is 53.9 Å². The van der Waals surface area contributed by atoms with E-state index in [0.29, 0.717) is 21.7 Å². The SMILES string of the molecule is O=C(NCc1ccc(OCC(F)(F)F)cc1)c1cccc(NC(=O)c2cccs2)c1. The van der Waals surface area contributed by atoms with Crippen molar-refractivity contribution in [3.05, 3.63) is 82.0 Å². The van der Waals surface area contributed by atoms with Gasteiger partial charge in [0.25, 0.3) is 11.8 Å². The molecule has 1 heterocycles. The fourth-order valence-electron chi connectivity index (χ4n) is 2.49. The summed E-state index contributed by atoms with van der Waals surface area (Å²) in [5, 5.41) is 7.27. The third-order valence-electron chi connectivity index (χ3n) is 3.91. The van der Waals surface area contributed by atoms with Gasteiger partial charge in [-0.05, 0) is 47.3 Å². The smallest absolute Gasteiger partial charge is 0.422 e. The summed E-state index contributed by atoms with van der Waals surface area (Å²) in [6, 6.07) is 16.0. The second kappa shape index (κ2) is 9.45. The molecule has 156 valence electrons. The van der Waals surface area contributed by atoms with Crippen molar-refractivity contribution in [3.63, 3.8) is 0 Å². The molecule has 3 rings (SSSR count). The lowest BCUT2D eigenvalue weighted by molar-refractivity contribution is -0.153. The molecule has 0 saturated carbocycles. The van der Waals surface area contributed by atoms with E-state index in [4.69, 9.17) is 0 Å². The molecule has 0 unspecified atom stereocenters. The molecular weight excluding hydrogens is 417 g/mol. The number of benzene rings is 2. The number of halogens is 3. The van der Waals surface area contributed by atoms with Crippen LogP contribution in [0.25, 0.3) is 0 Å². The number of hydrogen-bond donors (Lipinski definition) is 2. The van der Waals surface area contributed by atoms with Crippen molar-refractivity contribution < 1.29 is 27.5 Å². The van der Waals surface area contributed by atoms with Gasteiger partial charge in [-0.2, -0.15) is 13.2 Å². The van der Waals surface area contributed by atoms with E-state index in [1.165, 1.54) is 23.5 Å². The summed E-state index contributed by atoms with van der Waals surface area (Å²) in [5.74, 6) is -0.508. The molecule has 30 heavy (non-hydrogen) atoms. The van der Waals surface area contributed by atoms with Gasteiger partial charge in [-0.1, -0.05) is 24.3 Å². The number of carbonyl (C=O) groups is 2. The van der Waals surface area contributed by atoms with E-state index >= 15 is 0 Å². The van der Waals surface area contributed by atoms with E-state index < -0.39 is 12.8 Å². The van der Waals surface area contributed by atoms with Crippen LogP contribution in [0.2, 0.25) is 0 Å². The number of ether oxygens (including phenoxy) is 1. The first-order valence-electron chi connectivity index (χ1n) is 8.82. The van der Waals surface area contributed by atoms with Crippen LogP contribution in [0.4, 0.5) is 18.9 Å². The zero-order valence-electron chi connectivity index (χ0n) is 15.5. The standard InChI is InChI=1S/C21H17F3N2O3S/c22-21(23,24)13-29-17-8-6-14(7-9-17)12-25-19(27)15-3-1-4-16(11-15)26-20(28)18-5-2-10-30-18/h1-11H,12-13H2,(H,25,27)(H,26,28). The van der Waals surface area contributed by atoms with Gasteiger partial charge in [-0.15, -0.1) is 11.3 Å². The van der Waals surface area contributed by atoms with Crippen molar-refractivity contribution in [2.75, 3.05) is 11.9 Å². The minimum atomic E-state index is -4.40. The molecule has 0 bridgehead atoms. The molecule has 2 aromatic carbocycles. The molecule has 0 spiro atoms. The topological polar surface area (TPSA) is 67.4 Å². The zero-order chi connectivity index (χ0) is 21.6. The van der Waals surface area contributed by atoms with E-state index in [0.717, 1.165) is 0 Å². The average molecular weight is 434 g/mol. The van der Waals surface area contributed by atoms with Gasteiger partial charge in [0.05, 0.1) is 4.88 Å². The number of hydrogen-bond acceptors (Lipinski definition) is 4. The summed E-state index contributed by atoms with van der Waals surface area (Å²) in [6.45, 7) is -1.17. The maximum absolute atomic E-state index is 12.4. The van der Waals surface area contributed by atoms with Gasteiger partial charge < -0.3 is 15.4 Å². The number of alkyl halides is 3. The largest absolute Gasteiger partial charge is 0.484 e. The lowest BCUT2D eigenvalue weighted by Crippen LogP contribution is -2.23. The number of rotatable bonds is 7. The van der Waals surface area contributed by atoms with Crippen LogP contribution in [0.5, 0.6) is 5.75 Å². The highest BCUT2D eigenvalue weighted by Gasteiger charge is 2.28. The molecule has 0 aliphatic rings. The van der Waals surface area contributed by atoms with Crippen molar-refractivity contribution in [2.45, 2.75) is 12.7 Å². The lowest BCUT2D eigenvalue weighted by Gasteiger charge is -2.10. The quantitative estimate of drug-likeness (QED) is 0.558. The molecule has 0 fully saturated rings. The predicted octanol–water partition coefficient (Wildman–Crippen LogP) is 4.87. The van der Waals surface area contributed by atoms with Crippen LogP contribution in [0.3, 0.4) is 0 Å². The van der Waals surface area contributed by atoms with Crippen LogP contribution in [-0.4, -0.2) is 24.6 Å². The zero-order valence-corrected chi connectivity index (χ0v) is 16.3. The Hall–Kier alpha value is -3.33. The first-order valence-corrected chi connectivity index (χ1v) is 9.70. The van der Waals surface area contributed by atoms with Gasteiger partial charge in [-0.25, -0.2) is 0 Å². The van der Waals surface area contributed by atoms with Crippen LogP contribution >= 0.6 is 11.3 Å². The minimum Gasteiger partial charge on any atom is -0.484 e. The third-order valence-corrected chi connectivity index (χ3v) is 4.78. The van der Waals surface area contributed by atoms with Gasteiger partial charge >= 0.3 is 6.18 Å². The molecule has 0 aliphatic heterocycles. The Kier molecular flexibility index (Phi) is 6.73. The highest BCUT2D eigenvalue weighted by atomic mass is 32.1. The molecule has 3 aromatic rings. The molecule has 9 heteroatoms. The van der Waals surface area contributed by atoms with Gasteiger partial charge in [0.15, 0.2) is 6.61 Å². The second-order valence-electron chi connectivity index (χ2n) is 6.24. The maximum Gasteiger partial charge on any atom is 0.422 e. The molecule has 5 nitrogen and oxygen atoms in total. The molecule has 2 N–H and O–H groups in total. The van der Waals surface area contributed by atoms with E-state index in [1.807, 2.05) is 0 Å². The van der Waals surface area contributed by atoms with Crippen molar-refractivity contribution in [2.24, 2.45) is 0 Å². The highest BCUT2D eigenvalue weighted by Crippen LogP contribution is 2.19.